The van der Waals surface area contributed by atoms with E-state index in [1.54, 1.807) is 0 Å². The third-order valence-electron chi connectivity index (χ3n) is 1.32. The van der Waals surface area contributed by atoms with Crippen LogP contribution >= 0.6 is 31.9 Å². The third kappa shape index (κ3) is 2.37. The molecule has 0 bridgehead atoms. The number of methoxy groups -OCH3 is 1. The molecule has 0 aliphatic rings. The molecule has 0 aromatic carbocycles. The maximum absolute atomic E-state index is 12.2. The predicted molar refractivity (Wildman–Crippen MR) is 51.1 cm³/mol. The molecule has 0 atom stereocenters. The maximum atomic E-state index is 12.2. The first-order chi connectivity index (χ1) is 6.06. The van der Waals surface area contributed by atoms with Crippen molar-refractivity contribution >= 4 is 31.9 Å². The Hall–Kier alpha value is -0.230. The fraction of sp³-hybridized carbons (Fsp3) is 0.286. The predicted octanol–water partition coefficient (Wildman–Crippen LogP) is 3.55. The van der Waals surface area contributed by atoms with Gasteiger partial charge in [0.1, 0.15) is 5.69 Å². The lowest BCUT2D eigenvalue weighted by Crippen LogP contribution is -1.96. The molecule has 0 aliphatic heterocycles. The Labute approximate surface area is 90.6 Å². The van der Waals surface area contributed by atoms with Crippen LogP contribution in [0.25, 0.3) is 0 Å². The van der Waals surface area contributed by atoms with Gasteiger partial charge in [0.2, 0.25) is 5.88 Å². The molecule has 0 saturated carbocycles. The summed E-state index contributed by atoms with van der Waals surface area (Å²) in [5, 5.41) is 0. The van der Waals surface area contributed by atoms with Crippen LogP contribution in [-0.4, -0.2) is 12.1 Å². The zero-order valence-electron chi connectivity index (χ0n) is 6.52. The topological polar surface area (TPSA) is 22.1 Å². The lowest BCUT2D eigenvalue weighted by molar-refractivity contribution is 0.145. The number of hydrogen-bond donors (Lipinski definition) is 0. The van der Waals surface area contributed by atoms with E-state index in [1.807, 2.05) is 0 Å². The van der Waals surface area contributed by atoms with Crippen LogP contribution in [0.3, 0.4) is 0 Å². The van der Waals surface area contributed by atoms with Gasteiger partial charge >= 0.3 is 0 Å². The van der Waals surface area contributed by atoms with Gasteiger partial charge in [0, 0.05) is 4.47 Å². The molecule has 1 heterocycles. The molecular weight excluding hydrogens is 312 g/mol. The Balaban J connectivity index is 3.22. The van der Waals surface area contributed by atoms with Crippen molar-refractivity contribution in [3.8, 4) is 5.88 Å². The molecule has 1 rings (SSSR count). The first-order valence-electron chi connectivity index (χ1n) is 3.24. The van der Waals surface area contributed by atoms with Gasteiger partial charge in [0.05, 0.1) is 11.6 Å². The van der Waals surface area contributed by atoms with Crippen LogP contribution in [0.2, 0.25) is 0 Å². The van der Waals surface area contributed by atoms with Crippen molar-refractivity contribution in [1.29, 1.82) is 0 Å². The number of nitrogens with zero attached hydrogens (tertiary/aromatic N) is 1. The highest BCUT2D eigenvalue weighted by atomic mass is 79.9. The van der Waals surface area contributed by atoms with Crippen LogP contribution < -0.4 is 4.74 Å². The summed E-state index contributed by atoms with van der Waals surface area (Å²) in [6, 6.07) is 1.25. The van der Waals surface area contributed by atoms with E-state index in [-0.39, 0.29) is 11.6 Å². The second-order valence-corrected chi connectivity index (χ2v) is 3.80. The number of halogens is 4. The Morgan fingerprint density at radius 2 is 2.08 bits per heavy atom. The molecule has 0 aliphatic carbocycles. The van der Waals surface area contributed by atoms with E-state index in [1.165, 1.54) is 13.2 Å². The zero-order valence-corrected chi connectivity index (χ0v) is 9.69. The van der Waals surface area contributed by atoms with Gasteiger partial charge in [-0.3, -0.25) is 0 Å². The molecular formula is C7H5Br2F2NO. The van der Waals surface area contributed by atoms with Gasteiger partial charge in [0.15, 0.2) is 0 Å². The van der Waals surface area contributed by atoms with Crippen molar-refractivity contribution in [1.82, 2.24) is 4.98 Å². The maximum Gasteiger partial charge on any atom is 0.280 e. The van der Waals surface area contributed by atoms with E-state index >= 15 is 0 Å². The van der Waals surface area contributed by atoms with Crippen LogP contribution in [0.15, 0.2) is 15.0 Å². The fourth-order valence-corrected chi connectivity index (χ4v) is 1.51. The van der Waals surface area contributed by atoms with Gasteiger partial charge in [-0.15, -0.1) is 0 Å². The summed E-state index contributed by atoms with van der Waals surface area (Å²) in [5.74, 6) is 0.143. The quantitative estimate of drug-likeness (QED) is 0.832. The van der Waals surface area contributed by atoms with Crippen molar-refractivity contribution < 1.29 is 13.5 Å². The molecule has 0 unspecified atom stereocenters. The molecule has 0 radical (unpaired) electrons. The number of pyridine rings is 1. The van der Waals surface area contributed by atoms with Crippen molar-refractivity contribution in [3.05, 3.63) is 20.7 Å². The zero-order chi connectivity index (χ0) is 10.0. The summed E-state index contributed by atoms with van der Waals surface area (Å²) < 4.78 is 30.3. The lowest BCUT2D eigenvalue weighted by atomic mass is 10.3. The first-order valence-corrected chi connectivity index (χ1v) is 4.83. The number of hydrogen-bond acceptors (Lipinski definition) is 2. The molecule has 13 heavy (non-hydrogen) atoms. The van der Waals surface area contributed by atoms with E-state index in [9.17, 15) is 8.78 Å². The van der Waals surface area contributed by atoms with Gasteiger partial charge in [-0.1, -0.05) is 0 Å². The van der Waals surface area contributed by atoms with Crippen molar-refractivity contribution in [3.63, 3.8) is 0 Å². The highest BCUT2D eigenvalue weighted by Crippen LogP contribution is 2.33. The fourth-order valence-electron chi connectivity index (χ4n) is 0.741. The molecule has 6 heteroatoms. The average Bonchev–Trinajstić information content (AvgIpc) is 2.09. The van der Waals surface area contributed by atoms with Crippen molar-refractivity contribution in [2.45, 2.75) is 6.43 Å². The molecule has 0 N–H and O–H groups in total. The molecule has 72 valence electrons. The molecule has 0 fully saturated rings. The second-order valence-electron chi connectivity index (χ2n) is 2.15. The SMILES string of the molecule is COc1nc(C(F)F)cc(Br)c1Br. The molecule has 1 aromatic rings. The minimum absolute atomic E-state index is 0.143. The standard InChI is InChI=1S/C7H5Br2F2NO/c1-13-7-5(9)3(8)2-4(12-7)6(10)11/h2,6H,1H3. The molecule has 0 amide bonds. The Kier molecular flexibility index (Phi) is 3.61. The lowest BCUT2D eigenvalue weighted by Gasteiger charge is -2.06. The van der Waals surface area contributed by atoms with Gasteiger partial charge in [-0.2, -0.15) is 0 Å². The van der Waals surface area contributed by atoms with Crippen LogP contribution in [-0.2, 0) is 0 Å². The van der Waals surface area contributed by atoms with Gasteiger partial charge < -0.3 is 4.74 Å². The Bertz CT molecular complexity index is 320. The molecule has 2 nitrogen and oxygen atoms in total. The van der Waals surface area contributed by atoms with Crippen LogP contribution in [0.4, 0.5) is 8.78 Å². The highest BCUT2D eigenvalue weighted by molar-refractivity contribution is 9.13. The van der Waals surface area contributed by atoms with E-state index in [2.05, 4.69) is 36.8 Å². The normalized spacial score (nSPS) is 10.6. The minimum atomic E-state index is -2.60. The summed E-state index contributed by atoms with van der Waals surface area (Å²) in [6.07, 6.45) is -2.60. The van der Waals surface area contributed by atoms with Gasteiger partial charge in [-0.05, 0) is 37.9 Å². The Morgan fingerprint density at radius 1 is 1.46 bits per heavy atom. The molecule has 0 saturated heterocycles. The number of rotatable bonds is 2. The molecule has 1 aromatic heterocycles. The van der Waals surface area contributed by atoms with Crippen molar-refractivity contribution in [2.75, 3.05) is 7.11 Å². The largest absolute Gasteiger partial charge is 0.480 e. The van der Waals surface area contributed by atoms with Crippen LogP contribution in [0.1, 0.15) is 12.1 Å². The van der Waals surface area contributed by atoms with E-state index < -0.39 is 6.43 Å². The van der Waals surface area contributed by atoms with Crippen LogP contribution in [0.5, 0.6) is 5.88 Å². The van der Waals surface area contributed by atoms with Gasteiger partial charge in [0.25, 0.3) is 6.43 Å². The summed E-state index contributed by atoms with van der Waals surface area (Å²) in [5.41, 5.74) is -0.313. The van der Waals surface area contributed by atoms with E-state index in [0.29, 0.717) is 8.95 Å². The number of aromatic nitrogens is 1. The second kappa shape index (κ2) is 4.32. The average molecular weight is 317 g/mol. The Morgan fingerprint density at radius 3 is 2.54 bits per heavy atom. The van der Waals surface area contributed by atoms with Gasteiger partial charge in [-0.25, -0.2) is 13.8 Å². The monoisotopic (exact) mass is 315 g/mol. The minimum Gasteiger partial charge on any atom is -0.480 e. The first kappa shape index (κ1) is 10.8. The number of ether oxygens (including phenoxy) is 1. The summed E-state index contributed by atoms with van der Waals surface area (Å²) in [6.45, 7) is 0. The summed E-state index contributed by atoms with van der Waals surface area (Å²) in [7, 11) is 1.37. The summed E-state index contributed by atoms with van der Waals surface area (Å²) in [4.78, 5) is 3.60. The highest BCUT2D eigenvalue weighted by Gasteiger charge is 2.15. The van der Waals surface area contributed by atoms with E-state index in [0.717, 1.165) is 0 Å². The smallest absolute Gasteiger partial charge is 0.280 e. The van der Waals surface area contributed by atoms with Crippen LogP contribution in [0, 0.1) is 0 Å². The number of alkyl halides is 2. The van der Waals surface area contributed by atoms with E-state index in [4.69, 9.17) is 4.74 Å². The summed E-state index contributed by atoms with van der Waals surface area (Å²) >= 11 is 6.25. The third-order valence-corrected chi connectivity index (χ3v) is 3.24. The molecule has 0 spiro atoms. The van der Waals surface area contributed by atoms with Crippen molar-refractivity contribution in [2.24, 2.45) is 0 Å².